The van der Waals surface area contributed by atoms with Gasteiger partial charge in [0, 0.05) is 50.0 Å². The highest BCUT2D eigenvalue weighted by Gasteiger charge is 2.25. The van der Waals surface area contributed by atoms with Crippen LogP contribution in [0.5, 0.6) is 0 Å². The number of anilines is 1. The molecule has 1 aromatic carbocycles. The Hall–Kier alpha value is -1.64. The highest BCUT2D eigenvalue weighted by Crippen LogP contribution is 2.15. The van der Waals surface area contributed by atoms with Gasteiger partial charge in [0.1, 0.15) is 0 Å². The maximum atomic E-state index is 12.6. The maximum absolute atomic E-state index is 12.6. The largest absolute Gasteiger partial charge is 0.350 e. The SMILES string of the molecule is CCCS(=O)(=O)Nc1cccc(C(=O)NCC(C(C)C)N2CCN(C)CC2)c1. The Kier molecular flexibility index (Phi) is 8.27. The lowest BCUT2D eigenvalue weighted by atomic mass is 10.0. The molecule has 158 valence electrons. The topological polar surface area (TPSA) is 81.7 Å². The van der Waals surface area contributed by atoms with E-state index in [0.717, 1.165) is 26.2 Å². The first kappa shape index (κ1) is 22.6. The van der Waals surface area contributed by atoms with E-state index in [1.54, 1.807) is 24.3 Å². The van der Waals surface area contributed by atoms with Crippen molar-refractivity contribution in [2.24, 2.45) is 5.92 Å². The number of nitrogens with one attached hydrogen (secondary N) is 2. The zero-order valence-corrected chi connectivity index (χ0v) is 18.3. The van der Waals surface area contributed by atoms with Crippen LogP contribution in [0.15, 0.2) is 24.3 Å². The first-order valence-electron chi connectivity index (χ1n) is 10.0. The minimum Gasteiger partial charge on any atom is -0.350 e. The van der Waals surface area contributed by atoms with Crippen LogP contribution in [0.25, 0.3) is 0 Å². The monoisotopic (exact) mass is 410 g/mol. The summed E-state index contributed by atoms with van der Waals surface area (Å²) >= 11 is 0. The second-order valence-corrected chi connectivity index (χ2v) is 9.70. The Morgan fingerprint density at radius 1 is 1.18 bits per heavy atom. The van der Waals surface area contributed by atoms with E-state index in [9.17, 15) is 13.2 Å². The van der Waals surface area contributed by atoms with E-state index in [1.165, 1.54) is 0 Å². The zero-order valence-electron chi connectivity index (χ0n) is 17.4. The Balaban J connectivity index is 1.98. The Morgan fingerprint density at radius 2 is 1.86 bits per heavy atom. The molecule has 1 unspecified atom stereocenters. The van der Waals surface area contributed by atoms with Crippen LogP contribution in [0, 0.1) is 5.92 Å². The normalized spacial score (nSPS) is 17.5. The summed E-state index contributed by atoms with van der Waals surface area (Å²) in [7, 11) is -1.25. The van der Waals surface area contributed by atoms with Crippen LogP contribution in [0.3, 0.4) is 0 Å². The number of rotatable bonds is 9. The molecule has 1 saturated heterocycles. The summed E-state index contributed by atoms with van der Waals surface area (Å²) in [6, 6.07) is 6.92. The van der Waals surface area contributed by atoms with Gasteiger partial charge < -0.3 is 10.2 Å². The van der Waals surface area contributed by atoms with Gasteiger partial charge in [0.15, 0.2) is 0 Å². The maximum Gasteiger partial charge on any atom is 0.251 e. The molecule has 1 heterocycles. The first-order chi connectivity index (χ1) is 13.2. The Bertz CT molecular complexity index is 744. The zero-order chi connectivity index (χ0) is 20.7. The quantitative estimate of drug-likeness (QED) is 0.649. The summed E-state index contributed by atoms with van der Waals surface area (Å²) < 4.78 is 26.4. The third-order valence-electron chi connectivity index (χ3n) is 5.12. The minimum atomic E-state index is -3.38. The van der Waals surface area contributed by atoms with Gasteiger partial charge in [-0.15, -0.1) is 0 Å². The number of carbonyl (C=O) groups excluding carboxylic acids is 1. The van der Waals surface area contributed by atoms with Crippen molar-refractivity contribution in [1.82, 2.24) is 15.1 Å². The van der Waals surface area contributed by atoms with Crippen LogP contribution in [0.1, 0.15) is 37.6 Å². The lowest BCUT2D eigenvalue weighted by Crippen LogP contribution is -2.54. The van der Waals surface area contributed by atoms with Gasteiger partial charge in [-0.05, 0) is 37.6 Å². The smallest absolute Gasteiger partial charge is 0.251 e. The molecule has 2 rings (SSSR count). The molecule has 1 aliphatic rings. The van der Waals surface area contributed by atoms with E-state index in [0.29, 0.717) is 30.1 Å². The molecule has 7 nitrogen and oxygen atoms in total. The molecule has 0 spiro atoms. The number of benzene rings is 1. The summed E-state index contributed by atoms with van der Waals surface area (Å²) in [6.07, 6.45) is 0.540. The minimum absolute atomic E-state index is 0.0600. The third kappa shape index (κ3) is 6.76. The summed E-state index contributed by atoms with van der Waals surface area (Å²) in [6.45, 7) is 10.8. The van der Waals surface area contributed by atoms with Gasteiger partial charge in [-0.25, -0.2) is 8.42 Å². The Labute approximate surface area is 169 Å². The molecular weight excluding hydrogens is 376 g/mol. The van der Waals surface area contributed by atoms with Crippen LogP contribution in [-0.4, -0.2) is 75.7 Å². The molecule has 0 aliphatic carbocycles. The average Bonchev–Trinajstić information content (AvgIpc) is 2.62. The third-order valence-corrected chi connectivity index (χ3v) is 6.61. The molecule has 0 aromatic heterocycles. The van der Waals surface area contributed by atoms with Crippen LogP contribution in [-0.2, 0) is 10.0 Å². The average molecular weight is 411 g/mol. The molecule has 2 N–H and O–H groups in total. The molecule has 1 amide bonds. The van der Waals surface area contributed by atoms with E-state index in [4.69, 9.17) is 0 Å². The summed E-state index contributed by atoms with van der Waals surface area (Å²) in [5, 5.41) is 3.03. The number of carbonyl (C=O) groups is 1. The number of sulfonamides is 1. The van der Waals surface area contributed by atoms with Gasteiger partial charge in [0.2, 0.25) is 10.0 Å². The van der Waals surface area contributed by atoms with Gasteiger partial charge in [-0.2, -0.15) is 0 Å². The van der Waals surface area contributed by atoms with Gasteiger partial charge in [0.25, 0.3) is 5.91 Å². The predicted octanol–water partition coefficient (Wildman–Crippen LogP) is 1.84. The number of nitrogens with zero attached hydrogens (tertiary/aromatic N) is 2. The van der Waals surface area contributed by atoms with Crippen molar-refractivity contribution in [2.45, 2.75) is 33.2 Å². The van der Waals surface area contributed by atoms with Crippen molar-refractivity contribution < 1.29 is 13.2 Å². The molecule has 28 heavy (non-hydrogen) atoms. The number of piperazine rings is 1. The van der Waals surface area contributed by atoms with Crippen molar-refractivity contribution in [3.63, 3.8) is 0 Å². The highest BCUT2D eigenvalue weighted by atomic mass is 32.2. The van der Waals surface area contributed by atoms with Crippen LogP contribution in [0.2, 0.25) is 0 Å². The fraction of sp³-hybridized carbons (Fsp3) is 0.650. The van der Waals surface area contributed by atoms with Crippen LogP contribution in [0.4, 0.5) is 5.69 Å². The summed E-state index contributed by atoms with van der Waals surface area (Å²) in [5.41, 5.74) is 0.873. The molecule has 0 radical (unpaired) electrons. The van der Waals surface area contributed by atoms with Gasteiger partial charge >= 0.3 is 0 Å². The molecular formula is C20H34N4O3S. The number of hydrogen-bond acceptors (Lipinski definition) is 5. The molecule has 1 aromatic rings. The highest BCUT2D eigenvalue weighted by molar-refractivity contribution is 7.92. The molecule has 1 atom stereocenters. The van der Waals surface area contributed by atoms with Crippen molar-refractivity contribution >= 4 is 21.6 Å². The first-order valence-corrected chi connectivity index (χ1v) is 11.7. The van der Waals surface area contributed by atoms with Crippen molar-refractivity contribution in [3.8, 4) is 0 Å². The second-order valence-electron chi connectivity index (χ2n) is 7.86. The molecule has 8 heteroatoms. The van der Waals surface area contributed by atoms with Gasteiger partial charge in [-0.3, -0.25) is 14.4 Å². The van der Waals surface area contributed by atoms with E-state index in [1.807, 2.05) is 6.92 Å². The lowest BCUT2D eigenvalue weighted by molar-refractivity contribution is 0.0791. The number of likely N-dealkylation sites (N-methyl/N-ethyl adjacent to an activating group) is 1. The van der Waals surface area contributed by atoms with Crippen molar-refractivity contribution in [2.75, 3.05) is 50.2 Å². The van der Waals surface area contributed by atoms with Crippen molar-refractivity contribution in [1.29, 1.82) is 0 Å². The molecule has 1 fully saturated rings. The lowest BCUT2D eigenvalue weighted by Gasteiger charge is -2.39. The van der Waals surface area contributed by atoms with Crippen LogP contribution >= 0.6 is 0 Å². The van der Waals surface area contributed by atoms with Crippen molar-refractivity contribution in [3.05, 3.63) is 29.8 Å². The Morgan fingerprint density at radius 3 is 2.46 bits per heavy atom. The molecule has 0 saturated carbocycles. The second kappa shape index (κ2) is 10.2. The fourth-order valence-corrected chi connectivity index (χ4v) is 4.59. The summed E-state index contributed by atoms with van der Waals surface area (Å²) in [5.74, 6) is 0.303. The van der Waals surface area contributed by atoms with E-state index >= 15 is 0 Å². The summed E-state index contributed by atoms with van der Waals surface area (Å²) in [4.78, 5) is 17.4. The molecule has 1 aliphatic heterocycles. The van der Waals surface area contributed by atoms with Gasteiger partial charge in [-0.1, -0.05) is 26.8 Å². The van der Waals surface area contributed by atoms with Crippen LogP contribution < -0.4 is 10.0 Å². The van der Waals surface area contributed by atoms with E-state index in [2.05, 4.69) is 40.7 Å². The molecule has 0 bridgehead atoms. The fourth-order valence-electron chi connectivity index (χ4n) is 3.46. The van der Waals surface area contributed by atoms with E-state index < -0.39 is 10.0 Å². The van der Waals surface area contributed by atoms with E-state index in [-0.39, 0.29) is 17.7 Å². The number of hydrogen-bond donors (Lipinski definition) is 2. The van der Waals surface area contributed by atoms with Gasteiger partial charge in [0.05, 0.1) is 5.75 Å². The number of amides is 1. The standard InChI is InChI=1S/C20H34N4O3S/c1-5-13-28(26,27)22-18-8-6-7-17(14-18)20(25)21-15-19(16(2)3)24-11-9-23(4)10-12-24/h6-8,14,16,19,22H,5,9-13,15H2,1-4H3,(H,21,25). The predicted molar refractivity (Wildman–Crippen MR) is 114 cm³/mol.